The van der Waals surface area contributed by atoms with Crippen molar-refractivity contribution in [2.24, 2.45) is 0 Å². The van der Waals surface area contributed by atoms with E-state index in [1.165, 1.54) is 0 Å². The molecule has 4 heteroatoms. The molecule has 0 spiro atoms. The molecule has 0 atom stereocenters. The third-order valence-corrected chi connectivity index (χ3v) is 4.08. The monoisotopic (exact) mass is 330 g/mol. The second kappa shape index (κ2) is 7.09. The fourth-order valence-corrected chi connectivity index (χ4v) is 2.58. The Morgan fingerprint density at radius 2 is 1.64 bits per heavy atom. The minimum absolute atomic E-state index is 0.684. The van der Waals surface area contributed by atoms with Crippen LogP contribution in [-0.4, -0.2) is 19.1 Å². The minimum Gasteiger partial charge on any atom is -0.397 e. The lowest BCUT2D eigenvalue weighted by Gasteiger charge is -2.16. The summed E-state index contributed by atoms with van der Waals surface area (Å²) in [7, 11) is 4.04. The smallest absolute Gasteiger partial charge is 0.0624 e. The number of nitrogens with two attached hydrogens (primary N) is 1. The second-order valence-electron chi connectivity index (χ2n) is 6.08. The molecule has 0 aliphatic heterocycles. The number of nitrogens with one attached hydrogen (secondary N) is 1. The van der Waals surface area contributed by atoms with Crippen LogP contribution in [0.2, 0.25) is 0 Å². The number of hydrogen-bond donors (Lipinski definition) is 2. The third kappa shape index (κ3) is 3.80. The average Bonchev–Trinajstić information content (AvgIpc) is 2.64. The molecular formula is C21H22N4. The van der Waals surface area contributed by atoms with Gasteiger partial charge in [-0.05, 0) is 53.1 Å². The summed E-state index contributed by atoms with van der Waals surface area (Å²) >= 11 is 0. The Labute approximate surface area is 148 Å². The van der Waals surface area contributed by atoms with E-state index < -0.39 is 0 Å². The number of pyridine rings is 1. The molecule has 3 N–H and O–H groups in total. The molecule has 0 saturated heterocycles. The zero-order valence-electron chi connectivity index (χ0n) is 14.5. The van der Waals surface area contributed by atoms with Gasteiger partial charge in [0.15, 0.2) is 0 Å². The Morgan fingerprint density at radius 1 is 0.960 bits per heavy atom. The highest BCUT2D eigenvalue weighted by Crippen LogP contribution is 2.29. The maximum atomic E-state index is 6.14. The van der Waals surface area contributed by atoms with Crippen molar-refractivity contribution in [2.75, 3.05) is 30.0 Å². The largest absolute Gasteiger partial charge is 0.397 e. The zero-order chi connectivity index (χ0) is 17.8. The van der Waals surface area contributed by atoms with Gasteiger partial charge in [0.05, 0.1) is 11.4 Å². The predicted molar refractivity (Wildman–Crippen MR) is 108 cm³/mol. The summed E-state index contributed by atoms with van der Waals surface area (Å²) in [6.07, 6.45) is 3.56. The molecule has 0 radical (unpaired) electrons. The highest BCUT2D eigenvalue weighted by atomic mass is 15.1. The average molecular weight is 330 g/mol. The summed E-state index contributed by atoms with van der Waals surface area (Å²) in [5.41, 5.74) is 12.8. The summed E-state index contributed by atoms with van der Waals surface area (Å²) in [6, 6.07) is 18.1. The van der Waals surface area contributed by atoms with Gasteiger partial charge < -0.3 is 16.0 Å². The molecule has 1 aromatic heterocycles. The van der Waals surface area contributed by atoms with Crippen molar-refractivity contribution in [2.45, 2.75) is 0 Å². The molecule has 0 aliphatic rings. The van der Waals surface area contributed by atoms with E-state index in [0.717, 1.165) is 33.8 Å². The first-order valence-corrected chi connectivity index (χ1v) is 8.08. The molecular weight excluding hydrogens is 308 g/mol. The third-order valence-electron chi connectivity index (χ3n) is 4.08. The van der Waals surface area contributed by atoms with E-state index in [2.05, 4.69) is 33.9 Å². The van der Waals surface area contributed by atoms with Gasteiger partial charge in [-0.1, -0.05) is 24.8 Å². The van der Waals surface area contributed by atoms with E-state index >= 15 is 0 Å². The molecule has 0 amide bonds. The lowest BCUT2D eigenvalue weighted by molar-refractivity contribution is 1.13. The lowest BCUT2D eigenvalue weighted by atomic mass is 10.1. The van der Waals surface area contributed by atoms with Gasteiger partial charge in [-0.3, -0.25) is 4.98 Å². The van der Waals surface area contributed by atoms with E-state index in [1.54, 1.807) is 12.4 Å². The summed E-state index contributed by atoms with van der Waals surface area (Å²) in [6.45, 7) is 4.15. The molecule has 25 heavy (non-hydrogen) atoms. The fraction of sp³-hybridized carbons (Fsp3) is 0.0952. The van der Waals surface area contributed by atoms with Crippen molar-refractivity contribution < 1.29 is 0 Å². The summed E-state index contributed by atoms with van der Waals surface area (Å²) in [4.78, 5) is 6.13. The quantitative estimate of drug-likeness (QED) is 0.677. The van der Waals surface area contributed by atoms with Crippen LogP contribution in [-0.2, 0) is 0 Å². The van der Waals surface area contributed by atoms with Crippen LogP contribution in [0.25, 0.3) is 16.8 Å². The summed E-state index contributed by atoms with van der Waals surface area (Å²) < 4.78 is 0. The van der Waals surface area contributed by atoms with Gasteiger partial charge >= 0.3 is 0 Å². The van der Waals surface area contributed by atoms with E-state index in [4.69, 9.17) is 5.73 Å². The fourth-order valence-electron chi connectivity index (χ4n) is 2.58. The highest BCUT2D eigenvalue weighted by Gasteiger charge is 2.06. The Balaban J connectivity index is 1.83. The molecule has 3 rings (SSSR count). The lowest BCUT2D eigenvalue weighted by Crippen LogP contribution is -2.08. The molecule has 0 saturated carbocycles. The van der Waals surface area contributed by atoms with E-state index in [1.807, 2.05) is 56.6 Å². The van der Waals surface area contributed by atoms with Gasteiger partial charge in [0, 0.05) is 37.9 Å². The number of nitrogen functional groups attached to an aromatic ring is 1. The number of anilines is 3. The molecule has 126 valence electrons. The van der Waals surface area contributed by atoms with Crippen molar-refractivity contribution in [3.05, 3.63) is 79.1 Å². The van der Waals surface area contributed by atoms with Crippen molar-refractivity contribution in [3.63, 3.8) is 0 Å². The molecule has 3 aromatic rings. The van der Waals surface area contributed by atoms with Gasteiger partial charge in [0.25, 0.3) is 0 Å². The normalized spacial score (nSPS) is 10.3. The van der Waals surface area contributed by atoms with Crippen LogP contribution in [0.4, 0.5) is 17.1 Å². The minimum atomic E-state index is 0.684. The summed E-state index contributed by atoms with van der Waals surface area (Å²) in [5.74, 6) is 0. The van der Waals surface area contributed by atoms with Crippen molar-refractivity contribution in [3.8, 4) is 11.1 Å². The molecule has 0 fully saturated rings. The molecule has 4 nitrogen and oxygen atoms in total. The van der Waals surface area contributed by atoms with Gasteiger partial charge in [0.2, 0.25) is 0 Å². The highest BCUT2D eigenvalue weighted by molar-refractivity contribution is 5.84. The van der Waals surface area contributed by atoms with Gasteiger partial charge in [0.1, 0.15) is 0 Å². The van der Waals surface area contributed by atoms with Crippen LogP contribution in [0.5, 0.6) is 0 Å². The molecule has 0 unspecified atom stereocenters. The van der Waals surface area contributed by atoms with E-state index in [9.17, 15) is 0 Å². The van der Waals surface area contributed by atoms with Crippen LogP contribution in [0, 0.1) is 0 Å². The SMILES string of the molecule is C=C(Nc1cc(-c2ccncc2)ccc1N)c1ccc(N(C)C)cc1. The number of benzene rings is 2. The predicted octanol–water partition coefficient (Wildman–Crippen LogP) is 4.48. The van der Waals surface area contributed by atoms with E-state index in [0.29, 0.717) is 5.69 Å². The Morgan fingerprint density at radius 3 is 2.28 bits per heavy atom. The number of rotatable bonds is 5. The first-order chi connectivity index (χ1) is 12.0. The maximum absolute atomic E-state index is 6.14. The number of aromatic nitrogens is 1. The zero-order valence-corrected chi connectivity index (χ0v) is 14.5. The Bertz CT molecular complexity index is 868. The van der Waals surface area contributed by atoms with Crippen LogP contribution >= 0.6 is 0 Å². The standard InChI is InChI=1S/C21H22N4/c1-15(16-4-7-19(8-5-16)25(2)3)24-21-14-18(6-9-20(21)22)17-10-12-23-13-11-17/h4-14,24H,1,22H2,2-3H3. The molecule has 1 heterocycles. The van der Waals surface area contributed by atoms with Gasteiger partial charge in [-0.15, -0.1) is 0 Å². The van der Waals surface area contributed by atoms with Crippen LogP contribution in [0.3, 0.4) is 0 Å². The van der Waals surface area contributed by atoms with Crippen LogP contribution in [0.15, 0.2) is 73.6 Å². The molecule has 2 aromatic carbocycles. The first-order valence-electron chi connectivity index (χ1n) is 8.08. The van der Waals surface area contributed by atoms with Crippen molar-refractivity contribution in [1.29, 1.82) is 0 Å². The van der Waals surface area contributed by atoms with Crippen molar-refractivity contribution in [1.82, 2.24) is 4.98 Å². The van der Waals surface area contributed by atoms with Crippen LogP contribution in [0.1, 0.15) is 5.56 Å². The maximum Gasteiger partial charge on any atom is 0.0624 e. The summed E-state index contributed by atoms with van der Waals surface area (Å²) in [5, 5.41) is 3.34. The van der Waals surface area contributed by atoms with Gasteiger partial charge in [-0.25, -0.2) is 0 Å². The first kappa shape index (κ1) is 16.6. The second-order valence-corrected chi connectivity index (χ2v) is 6.08. The molecule has 0 aliphatic carbocycles. The number of hydrogen-bond acceptors (Lipinski definition) is 4. The number of nitrogens with zero attached hydrogens (tertiary/aromatic N) is 2. The van der Waals surface area contributed by atoms with E-state index in [-0.39, 0.29) is 0 Å². The Kier molecular flexibility index (Phi) is 4.70. The Hall–Kier alpha value is -3.27. The molecule has 0 bridgehead atoms. The van der Waals surface area contributed by atoms with Crippen LogP contribution < -0.4 is 16.0 Å². The van der Waals surface area contributed by atoms with Crippen molar-refractivity contribution >= 4 is 22.8 Å². The van der Waals surface area contributed by atoms with Gasteiger partial charge in [-0.2, -0.15) is 0 Å². The topological polar surface area (TPSA) is 54.2 Å².